The molecule has 1 aromatic heterocycles. The van der Waals surface area contributed by atoms with E-state index in [2.05, 4.69) is 0 Å². The number of ether oxygens (including phenoxy) is 2. The number of anilines is 1. The molecular formula is C18H20F2N2O4. The number of nitrogen functional groups attached to an aromatic ring is 1. The van der Waals surface area contributed by atoms with Gasteiger partial charge in [0, 0.05) is 12.7 Å². The molecule has 1 aliphatic rings. The van der Waals surface area contributed by atoms with Crippen molar-refractivity contribution in [2.75, 3.05) is 5.73 Å². The van der Waals surface area contributed by atoms with Gasteiger partial charge in [0.2, 0.25) is 11.2 Å². The molecule has 0 saturated heterocycles. The fourth-order valence-corrected chi connectivity index (χ4v) is 2.73. The number of hydrogen-bond donors (Lipinski definition) is 1. The van der Waals surface area contributed by atoms with E-state index < -0.39 is 40.6 Å². The summed E-state index contributed by atoms with van der Waals surface area (Å²) in [6.07, 6.45) is 2.11. The van der Waals surface area contributed by atoms with E-state index in [9.17, 15) is 18.4 Å². The molecule has 8 heteroatoms. The van der Waals surface area contributed by atoms with Crippen LogP contribution in [-0.4, -0.2) is 22.7 Å². The Balaban J connectivity index is 2.35. The van der Waals surface area contributed by atoms with Crippen molar-refractivity contribution < 1.29 is 23.0 Å². The molecule has 2 N–H and O–H groups in total. The number of pyridine rings is 1. The lowest BCUT2D eigenvalue weighted by Gasteiger charge is -2.19. The van der Waals surface area contributed by atoms with Crippen LogP contribution in [0.3, 0.4) is 0 Å². The van der Waals surface area contributed by atoms with Crippen molar-refractivity contribution in [1.29, 1.82) is 0 Å². The van der Waals surface area contributed by atoms with Gasteiger partial charge in [0.05, 0.1) is 17.2 Å². The van der Waals surface area contributed by atoms with E-state index in [1.54, 1.807) is 20.8 Å². The zero-order valence-electron chi connectivity index (χ0n) is 14.8. The molecule has 1 aromatic carbocycles. The van der Waals surface area contributed by atoms with Gasteiger partial charge in [-0.1, -0.05) is 0 Å². The van der Waals surface area contributed by atoms with Crippen LogP contribution in [0.5, 0.6) is 5.75 Å². The van der Waals surface area contributed by atoms with Crippen LogP contribution in [0.1, 0.15) is 44.0 Å². The summed E-state index contributed by atoms with van der Waals surface area (Å²) in [5, 5.41) is -0.286. The number of fused-ring (bicyclic) bond motifs is 1. The second-order valence-electron chi connectivity index (χ2n) is 6.52. The lowest BCUT2D eigenvalue weighted by Crippen LogP contribution is -2.24. The van der Waals surface area contributed by atoms with Gasteiger partial charge in [-0.25, -0.2) is 9.18 Å². The number of hydrogen-bond acceptors (Lipinski definition) is 5. The topological polar surface area (TPSA) is 83.5 Å². The number of nitrogens with zero attached hydrogens (tertiary/aromatic N) is 1. The number of esters is 1. The van der Waals surface area contributed by atoms with Crippen LogP contribution in [0.4, 0.5) is 14.5 Å². The molecule has 1 saturated carbocycles. The van der Waals surface area contributed by atoms with Crippen LogP contribution < -0.4 is 15.9 Å². The smallest absolute Gasteiger partial charge is 0.343 e. The van der Waals surface area contributed by atoms with Crippen molar-refractivity contribution in [3.63, 3.8) is 0 Å². The van der Waals surface area contributed by atoms with Crippen molar-refractivity contribution in [2.24, 2.45) is 0 Å². The maximum atomic E-state index is 14.5. The number of carbonyl (C=O) groups is 1. The Kier molecular flexibility index (Phi) is 4.60. The highest BCUT2D eigenvalue weighted by Crippen LogP contribution is 2.35. The molecule has 0 spiro atoms. The Morgan fingerprint density at radius 2 is 2.00 bits per heavy atom. The average Bonchev–Trinajstić information content (AvgIpc) is 3.40. The van der Waals surface area contributed by atoms with E-state index in [4.69, 9.17) is 15.2 Å². The third kappa shape index (κ3) is 3.00. The number of rotatable bonds is 5. The minimum atomic E-state index is -1.37. The van der Waals surface area contributed by atoms with E-state index >= 15 is 0 Å². The highest BCUT2D eigenvalue weighted by Gasteiger charge is 2.30. The van der Waals surface area contributed by atoms with Gasteiger partial charge >= 0.3 is 5.97 Å². The molecule has 26 heavy (non-hydrogen) atoms. The Morgan fingerprint density at radius 3 is 2.54 bits per heavy atom. The fraction of sp³-hybridized carbons (Fsp3) is 0.444. The molecule has 1 aliphatic carbocycles. The first-order valence-electron chi connectivity index (χ1n) is 8.47. The van der Waals surface area contributed by atoms with Crippen molar-refractivity contribution in [1.82, 2.24) is 4.57 Å². The molecule has 1 heterocycles. The third-order valence-corrected chi connectivity index (χ3v) is 4.11. The molecule has 0 bridgehead atoms. The second-order valence-corrected chi connectivity index (χ2v) is 6.52. The minimum Gasteiger partial charge on any atom is -0.486 e. The standard InChI is InChI=1S/C18H20F2N2O4/c1-4-22-7-10(18(24)26-9-5-6-9)16(23)11-14(21)12(19)13(20)17(15(11)22)25-8(2)3/h7-9H,4-6,21H2,1-3H3. The zero-order chi connectivity index (χ0) is 19.2. The van der Waals surface area contributed by atoms with Crippen LogP contribution in [0.25, 0.3) is 10.9 Å². The Bertz CT molecular complexity index is 949. The van der Waals surface area contributed by atoms with Gasteiger partial charge in [-0.2, -0.15) is 4.39 Å². The highest BCUT2D eigenvalue weighted by atomic mass is 19.2. The molecule has 0 radical (unpaired) electrons. The van der Waals surface area contributed by atoms with E-state index in [-0.39, 0.29) is 29.1 Å². The maximum Gasteiger partial charge on any atom is 0.343 e. The number of halogens is 2. The van der Waals surface area contributed by atoms with Crippen LogP contribution in [0.15, 0.2) is 11.0 Å². The Hall–Kier alpha value is -2.64. The largest absolute Gasteiger partial charge is 0.486 e. The van der Waals surface area contributed by atoms with Gasteiger partial charge in [0.1, 0.15) is 17.2 Å². The van der Waals surface area contributed by atoms with E-state index in [0.717, 1.165) is 12.8 Å². The number of carbonyl (C=O) groups excluding carboxylic acids is 1. The summed E-state index contributed by atoms with van der Waals surface area (Å²) in [4.78, 5) is 25.1. The molecule has 6 nitrogen and oxygen atoms in total. The summed E-state index contributed by atoms with van der Waals surface area (Å²) in [6, 6.07) is 0. The molecule has 1 fully saturated rings. The predicted molar refractivity (Wildman–Crippen MR) is 92.4 cm³/mol. The summed E-state index contributed by atoms with van der Waals surface area (Å²) in [7, 11) is 0. The summed E-state index contributed by atoms with van der Waals surface area (Å²) in [6.45, 7) is 5.31. The molecular weight excluding hydrogens is 346 g/mol. The normalized spacial score (nSPS) is 14.1. The van der Waals surface area contributed by atoms with Gasteiger partial charge in [-0.3, -0.25) is 4.79 Å². The van der Waals surface area contributed by atoms with E-state index in [0.29, 0.717) is 0 Å². The van der Waals surface area contributed by atoms with E-state index in [1.165, 1.54) is 10.8 Å². The Morgan fingerprint density at radius 1 is 1.35 bits per heavy atom. The Labute approximate surface area is 148 Å². The number of aryl methyl sites for hydroxylation is 1. The first kappa shape index (κ1) is 18.2. The quantitative estimate of drug-likeness (QED) is 0.650. The van der Waals surface area contributed by atoms with Gasteiger partial charge < -0.3 is 19.8 Å². The zero-order valence-corrected chi connectivity index (χ0v) is 14.8. The van der Waals surface area contributed by atoms with Crippen molar-refractivity contribution in [2.45, 2.75) is 52.4 Å². The third-order valence-electron chi connectivity index (χ3n) is 4.11. The maximum absolute atomic E-state index is 14.5. The van der Waals surface area contributed by atoms with E-state index in [1.807, 2.05) is 0 Å². The summed E-state index contributed by atoms with van der Waals surface area (Å²) < 4.78 is 40.8. The van der Waals surface area contributed by atoms with Crippen LogP contribution in [-0.2, 0) is 11.3 Å². The molecule has 140 valence electrons. The number of benzene rings is 1. The predicted octanol–water partition coefficient (Wildman–Crippen LogP) is 2.99. The van der Waals surface area contributed by atoms with Crippen molar-refractivity contribution in [3.8, 4) is 5.75 Å². The minimum absolute atomic E-state index is 0.0190. The van der Waals surface area contributed by atoms with Crippen LogP contribution in [0.2, 0.25) is 0 Å². The number of aromatic nitrogens is 1. The lowest BCUT2D eigenvalue weighted by molar-refractivity contribution is 0.0470. The van der Waals surface area contributed by atoms with Gasteiger partial charge in [0.15, 0.2) is 11.6 Å². The van der Waals surface area contributed by atoms with Gasteiger partial charge in [0.25, 0.3) is 0 Å². The summed E-state index contributed by atoms with van der Waals surface area (Å²) in [5.74, 6) is -3.83. The van der Waals surface area contributed by atoms with Crippen molar-refractivity contribution in [3.05, 3.63) is 33.6 Å². The number of nitrogens with two attached hydrogens (primary N) is 1. The van der Waals surface area contributed by atoms with Gasteiger partial charge in [-0.15, -0.1) is 0 Å². The van der Waals surface area contributed by atoms with Crippen LogP contribution >= 0.6 is 0 Å². The first-order valence-corrected chi connectivity index (χ1v) is 8.47. The monoisotopic (exact) mass is 366 g/mol. The van der Waals surface area contributed by atoms with Gasteiger partial charge in [-0.05, 0) is 33.6 Å². The molecule has 3 rings (SSSR count). The average molecular weight is 366 g/mol. The molecule has 0 aliphatic heterocycles. The molecule has 0 unspecified atom stereocenters. The molecule has 0 atom stereocenters. The highest BCUT2D eigenvalue weighted by molar-refractivity contribution is 6.00. The van der Waals surface area contributed by atoms with Crippen LogP contribution in [0, 0.1) is 11.6 Å². The lowest BCUT2D eigenvalue weighted by atomic mass is 10.1. The summed E-state index contributed by atoms with van der Waals surface area (Å²) in [5.41, 5.74) is 3.99. The van der Waals surface area contributed by atoms with Crippen molar-refractivity contribution >= 4 is 22.6 Å². The summed E-state index contributed by atoms with van der Waals surface area (Å²) >= 11 is 0. The first-order chi connectivity index (χ1) is 12.3. The fourth-order valence-electron chi connectivity index (χ4n) is 2.73. The molecule has 0 amide bonds. The molecule has 2 aromatic rings. The second kappa shape index (κ2) is 6.59. The SMILES string of the molecule is CCn1cc(C(=O)OC2CC2)c(=O)c2c(N)c(F)c(F)c(OC(C)C)c21.